The van der Waals surface area contributed by atoms with Crippen LogP contribution in [0.4, 0.5) is 0 Å². The van der Waals surface area contributed by atoms with Crippen molar-refractivity contribution in [3.05, 3.63) is 0 Å². The molecule has 120 valence electrons. The predicted molar refractivity (Wildman–Crippen MR) is 84.1 cm³/mol. The van der Waals surface area contributed by atoms with E-state index in [1.807, 2.05) is 0 Å². The van der Waals surface area contributed by atoms with Crippen LogP contribution in [0.3, 0.4) is 0 Å². The van der Waals surface area contributed by atoms with Crippen LogP contribution in [-0.4, -0.2) is 63.5 Å². The van der Waals surface area contributed by atoms with Gasteiger partial charge in [-0.3, -0.25) is 4.90 Å². The third kappa shape index (κ3) is 5.68. The molecule has 0 aliphatic carbocycles. The van der Waals surface area contributed by atoms with Gasteiger partial charge in [0.2, 0.25) is 0 Å². The van der Waals surface area contributed by atoms with Gasteiger partial charge in [-0.25, -0.2) is 0 Å². The fraction of sp³-hybridized carbons (Fsp3) is 1.00. The van der Waals surface area contributed by atoms with Crippen LogP contribution in [0.5, 0.6) is 0 Å². The summed E-state index contributed by atoms with van der Waals surface area (Å²) in [5.74, 6) is 0.669. The first-order chi connectivity index (χ1) is 9.36. The molecule has 0 aromatic rings. The summed E-state index contributed by atoms with van der Waals surface area (Å²) in [7, 11) is 1.71. The van der Waals surface area contributed by atoms with Crippen LogP contribution in [-0.2, 0) is 9.47 Å². The maximum absolute atomic E-state index is 5.64. The molecule has 0 spiro atoms. The monoisotopic (exact) mass is 286 g/mol. The van der Waals surface area contributed by atoms with Crippen molar-refractivity contribution in [1.29, 1.82) is 0 Å². The van der Waals surface area contributed by atoms with Crippen LogP contribution in [0.25, 0.3) is 0 Å². The van der Waals surface area contributed by atoms with Gasteiger partial charge in [0.1, 0.15) is 0 Å². The predicted octanol–water partition coefficient (Wildman–Crippen LogP) is 1.99. The standard InChI is InChI=1S/C16H34N2O2/c1-13(2)14-11-17-15(16(3,4)5)12-18(14)7-8-20-10-9-19-6/h13-15,17H,7-12H2,1-6H3. The third-order valence-corrected chi connectivity index (χ3v) is 4.23. The Morgan fingerprint density at radius 2 is 1.90 bits per heavy atom. The smallest absolute Gasteiger partial charge is 0.0700 e. The summed E-state index contributed by atoms with van der Waals surface area (Å²) in [5.41, 5.74) is 0.303. The zero-order valence-corrected chi connectivity index (χ0v) is 14.2. The van der Waals surface area contributed by atoms with Gasteiger partial charge in [0.15, 0.2) is 0 Å². The summed E-state index contributed by atoms with van der Waals surface area (Å²) >= 11 is 0. The molecule has 1 saturated heterocycles. The Hall–Kier alpha value is -0.160. The van der Waals surface area contributed by atoms with E-state index in [0.29, 0.717) is 36.6 Å². The van der Waals surface area contributed by atoms with Gasteiger partial charge in [0.05, 0.1) is 19.8 Å². The topological polar surface area (TPSA) is 33.7 Å². The normalized spacial score (nSPS) is 25.4. The van der Waals surface area contributed by atoms with Crippen molar-refractivity contribution in [3.63, 3.8) is 0 Å². The first-order valence-electron chi connectivity index (χ1n) is 7.90. The van der Waals surface area contributed by atoms with E-state index in [1.165, 1.54) is 0 Å². The first kappa shape index (κ1) is 17.9. The Bertz CT molecular complexity index is 264. The molecule has 1 N–H and O–H groups in total. The summed E-state index contributed by atoms with van der Waals surface area (Å²) in [4.78, 5) is 2.60. The van der Waals surface area contributed by atoms with Crippen LogP contribution in [0, 0.1) is 11.3 Å². The van der Waals surface area contributed by atoms with Gasteiger partial charge in [0.25, 0.3) is 0 Å². The summed E-state index contributed by atoms with van der Waals surface area (Å²) in [6.07, 6.45) is 0. The first-order valence-corrected chi connectivity index (χ1v) is 7.90. The minimum atomic E-state index is 0.303. The van der Waals surface area contributed by atoms with E-state index in [4.69, 9.17) is 9.47 Å². The van der Waals surface area contributed by atoms with Gasteiger partial charge in [0, 0.05) is 38.8 Å². The highest BCUT2D eigenvalue weighted by Crippen LogP contribution is 2.25. The van der Waals surface area contributed by atoms with Crippen LogP contribution < -0.4 is 5.32 Å². The van der Waals surface area contributed by atoms with E-state index >= 15 is 0 Å². The SMILES string of the molecule is COCCOCCN1CC(C(C)(C)C)NCC1C(C)C. The fourth-order valence-electron chi connectivity index (χ4n) is 2.75. The lowest BCUT2D eigenvalue weighted by Gasteiger charge is -2.46. The van der Waals surface area contributed by atoms with Gasteiger partial charge in [-0.2, -0.15) is 0 Å². The van der Waals surface area contributed by atoms with Crippen molar-refractivity contribution in [1.82, 2.24) is 10.2 Å². The zero-order chi connectivity index (χ0) is 15.2. The molecule has 1 aliphatic rings. The second kappa shape index (κ2) is 8.32. The molecule has 0 radical (unpaired) electrons. The fourth-order valence-corrected chi connectivity index (χ4v) is 2.75. The maximum atomic E-state index is 5.64. The van der Waals surface area contributed by atoms with Crippen molar-refractivity contribution in [2.45, 2.75) is 46.7 Å². The molecule has 1 rings (SSSR count). The molecule has 0 aromatic carbocycles. The molecule has 0 bridgehead atoms. The zero-order valence-electron chi connectivity index (χ0n) is 14.2. The van der Waals surface area contributed by atoms with Crippen molar-refractivity contribution in [2.75, 3.05) is 46.6 Å². The van der Waals surface area contributed by atoms with Crippen LogP contribution in [0.1, 0.15) is 34.6 Å². The van der Waals surface area contributed by atoms with Crippen LogP contribution in [0.2, 0.25) is 0 Å². The average molecular weight is 286 g/mol. The molecule has 4 nitrogen and oxygen atoms in total. The number of nitrogens with one attached hydrogen (secondary N) is 1. The third-order valence-electron chi connectivity index (χ3n) is 4.23. The molecule has 1 heterocycles. The minimum absolute atomic E-state index is 0.303. The lowest BCUT2D eigenvalue weighted by atomic mass is 9.83. The van der Waals surface area contributed by atoms with Crippen molar-refractivity contribution >= 4 is 0 Å². The number of rotatable bonds is 7. The quantitative estimate of drug-likeness (QED) is 0.726. The van der Waals surface area contributed by atoms with Gasteiger partial charge < -0.3 is 14.8 Å². The second-order valence-corrected chi connectivity index (χ2v) is 7.24. The van der Waals surface area contributed by atoms with Gasteiger partial charge in [-0.1, -0.05) is 34.6 Å². The van der Waals surface area contributed by atoms with Crippen LogP contribution >= 0.6 is 0 Å². The number of ether oxygens (including phenoxy) is 2. The Morgan fingerprint density at radius 3 is 2.45 bits per heavy atom. The minimum Gasteiger partial charge on any atom is -0.382 e. The van der Waals surface area contributed by atoms with Crippen molar-refractivity contribution in [3.8, 4) is 0 Å². The van der Waals surface area contributed by atoms with E-state index in [1.54, 1.807) is 7.11 Å². The molecular formula is C16H34N2O2. The number of methoxy groups -OCH3 is 1. The van der Waals surface area contributed by atoms with E-state index < -0.39 is 0 Å². The van der Waals surface area contributed by atoms with Crippen LogP contribution in [0.15, 0.2) is 0 Å². The van der Waals surface area contributed by atoms with Crippen molar-refractivity contribution < 1.29 is 9.47 Å². The molecule has 1 aliphatic heterocycles. The van der Waals surface area contributed by atoms with Gasteiger partial charge >= 0.3 is 0 Å². The average Bonchev–Trinajstić information content (AvgIpc) is 2.37. The van der Waals surface area contributed by atoms with Gasteiger partial charge in [-0.05, 0) is 11.3 Å². The highest BCUT2D eigenvalue weighted by Gasteiger charge is 2.34. The van der Waals surface area contributed by atoms with E-state index in [2.05, 4.69) is 44.8 Å². The number of piperazine rings is 1. The molecule has 1 fully saturated rings. The summed E-state index contributed by atoms with van der Waals surface area (Å²) < 4.78 is 10.6. The largest absolute Gasteiger partial charge is 0.382 e. The Morgan fingerprint density at radius 1 is 1.20 bits per heavy atom. The summed E-state index contributed by atoms with van der Waals surface area (Å²) in [5, 5.41) is 3.73. The molecule has 2 unspecified atom stereocenters. The number of hydrogen-bond acceptors (Lipinski definition) is 4. The van der Waals surface area contributed by atoms with E-state index in [0.717, 1.165) is 26.2 Å². The molecule has 20 heavy (non-hydrogen) atoms. The summed E-state index contributed by atoms with van der Waals surface area (Å²) in [6, 6.07) is 1.16. The maximum Gasteiger partial charge on any atom is 0.0700 e. The Kier molecular flexibility index (Phi) is 7.45. The second-order valence-electron chi connectivity index (χ2n) is 7.24. The number of nitrogens with zero attached hydrogens (tertiary/aromatic N) is 1. The van der Waals surface area contributed by atoms with E-state index in [9.17, 15) is 0 Å². The highest BCUT2D eigenvalue weighted by molar-refractivity contribution is 4.92. The molecule has 0 aromatic heterocycles. The highest BCUT2D eigenvalue weighted by atomic mass is 16.5. The molecular weight excluding hydrogens is 252 g/mol. The molecule has 2 atom stereocenters. The Balaban J connectivity index is 2.47. The lowest BCUT2D eigenvalue weighted by Crippen LogP contribution is -2.62. The molecule has 0 saturated carbocycles. The van der Waals surface area contributed by atoms with E-state index in [-0.39, 0.29) is 0 Å². The number of hydrogen-bond donors (Lipinski definition) is 1. The molecule has 4 heteroatoms. The Labute approximate surface area is 125 Å². The lowest BCUT2D eigenvalue weighted by molar-refractivity contribution is 0.0189. The summed E-state index contributed by atoms with van der Waals surface area (Å²) in [6.45, 7) is 16.9. The van der Waals surface area contributed by atoms with Gasteiger partial charge in [-0.15, -0.1) is 0 Å². The molecule has 0 amide bonds. The van der Waals surface area contributed by atoms with Crippen molar-refractivity contribution in [2.24, 2.45) is 11.3 Å².